The van der Waals surface area contributed by atoms with Gasteiger partial charge in [-0.05, 0) is 58.8 Å². The van der Waals surface area contributed by atoms with Gasteiger partial charge in [-0.3, -0.25) is 0 Å². The van der Waals surface area contributed by atoms with Crippen LogP contribution in [0.1, 0.15) is 38.8 Å². The summed E-state index contributed by atoms with van der Waals surface area (Å²) in [6, 6.07) is 6.18. The monoisotopic (exact) mass is 317 g/mol. The lowest BCUT2D eigenvalue weighted by atomic mass is 9.77. The Labute approximate surface area is 140 Å². The fourth-order valence-corrected chi connectivity index (χ4v) is 2.54. The number of methoxy groups -OCH3 is 1. The molecule has 0 atom stereocenters. The van der Waals surface area contributed by atoms with E-state index in [0.717, 1.165) is 16.8 Å². The number of benzene rings is 1. The van der Waals surface area contributed by atoms with Crippen LogP contribution in [0.3, 0.4) is 0 Å². The van der Waals surface area contributed by atoms with Crippen LogP contribution < -0.4 is 10.1 Å². The van der Waals surface area contributed by atoms with E-state index in [4.69, 9.17) is 14.0 Å². The number of aryl methyl sites for hydroxylation is 1. The second-order valence-corrected chi connectivity index (χ2v) is 7.08. The normalized spacial score (nSPS) is 20.0. The first-order valence-electron chi connectivity index (χ1n) is 8.05. The topological polar surface area (TPSA) is 39.7 Å². The van der Waals surface area contributed by atoms with Gasteiger partial charge in [-0.2, -0.15) is 0 Å². The van der Waals surface area contributed by atoms with Gasteiger partial charge in [0.2, 0.25) is 0 Å². The first-order valence-corrected chi connectivity index (χ1v) is 8.05. The largest absolute Gasteiger partial charge is 0.496 e. The Morgan fingerprint density at radius 3 is 2.35 bits per heavy atom. The smallest absolute Gasteiger partial charge is 0.491 e. The lowest BCUT2D eigenvalue weighted by Crippen LogP contribution is -2.41. The molecule has 1 heterocycles. The third-order valence-electron chi connectivity index (χ3n) is 4.67. The molecule has 1 fully saturated rings. The number of nitrogens with one attached hydrogen (secondary N) is 1. The molecule has 1 aliphatic heterocycles. The van der Waals surface area contributed by atoms with Gasteiger partial charge in [0.05, 0.1) is 18.3 Å². The maximum atomic E-state index is 6.18. The average Bonchev–Trinajstić information content (AvgIpc) is 2.68. The first-order chi connectivity index (χ1) is 10.7. The number of hydrogen-bond donors (Lipinski definition) is 1. The van der Waals surface area contributed by atoms with Crippen LogP contribution in [0.25, 0.3) is 6.08 Å². The minimum atomic E-state index is -0.363. The first kappa shape index (κ1) is 18.0. The van der Waals surface area contributed by atoms with E-state index in [-0.39, 0.29) is 18.3 Å². The molecule has 0 radical (unpaired) electrons. The molecule has 2 rings (SSSR count). The summed E-state index contributed by atoms with van der Waals surface area (Å²) >= 11 is 0. The van der Waals surface area contributed by atoms with Gasteiger partial charge in [0, 0.05) is 12.1 Å². The number of likely N-dealkylation sites (N-methyl/N-ethyl adjacent to an activating group) is 1. The van der Waals surface area contributed by atoms with Gasteiger partial charge in [0.1, 0.15) is 5.75 Å². The van der Waals surface area contributed by atoms with Crippen LogP contribution >= 0.6 is 0 Å². The number of ether oxygens (including phenoxy) is 1. The maximum Gasteiger partial charge on any atom is 0.491 e. The van der Waals surface area contributed by atoms with E-state index in [9.17, 15) is 0 Å². The maximum absolute atomic E-state index is 6.18. The van der Waals surface area contributed by atoms with Crippen LogP contribution in [-0.2, 0) is 9.31 Å². The second-order valence-electron chi connectivity index (χ2n) is 7.08. The van der Waals surface area contributed by atoms with Gasteiger partial charge in [-0.15, -0.1) is 0 Å². The molecule has 126 valence electrons. The van der Waals surface area contributed by atoms with Crippen molar-refractivity contribution in [2.75, 3.05) is 20.7 Å². The number of rotatable bonds is 5. The van der Waals surface area contributed by atoms with Crippen LogP contribution in [0.15, 0.2) is 23.7 Å². The van der Waals surface area contributed by atoms with Crippen LogP contribution in [0.2, 0.25) is 0 Å². The molecule has 4 nitrogen and oxygen atoms in total. The Hall–Kier alpha value is -1.30. The van der Waals surface area contributed by atoms with E-state index >= 15 is 0 Å². The van der Waals surface area contributed by atoms with E-state index in [1.807, 2.05) is 13.1 Å². The van der Waals surface area contributed by atoms with Gasteiger partial charge < -0.3 is 19.4 Å². The molecular weight excluding hydrogens is 289 g/mol. The molecule has 1 aromatic carbocycles. The molecule has 0 amide bonds. The minimum absolute atomic E-state index is 0.345. The molecule has 1 aromatic rings. The lowest BCUT2D eigenvalue weighted by Gasteiger charge is -2.32. The van der Waals surface area contributed by atoms with Gasteiger partial charge >= 0.3 is 7.12 Å². The van der Waals surface area contributed by atoms with E-state index in [0.29, 0.717) is 6.54 Å². The van der Waals surface area contributed by atoms with Crippen molar-refractivity contribution >= 4 is 13.2 Å². The van der Waals surface area contributed by atoms with Crippen LogP contribution in [-0.4, -0.2) is 39.0 Å². The van der Waals surface area contributed by atoms with Crippen molar-refractivity contribution < 1.29 is 14.0 Å². The number of hydrogen-bond acceptors (Lipinski definition) is 4. The summed E-state index contributed by atoms with van der Waals surface area (Å²) in [5.41, 5.74) is 2.56. The fourth-order valence-electron chi connectivity index (χ4n) is 2.54. The van der Waals surface area contributed by atoms with Gasteiger partial charge in [-0.1, -0.05) is 18.2 Å². The van der Waals surface area contributed by atoms with Crippen molar-refractivity contribution in [2.24, 2.45) is 0 Å². The van der Waals surface area contributed by atoms with Crippen molar-refractivity contribution in [1.82, 2.24) is 5.32 Å². The Bertz CT molecular complexity index is 580. The Morgan fingerprint density at radius 2 is 1.83 bits per heavy atom. The zero-order valence-corrected chi connectivity index (χ0v) is 15.3. The minimum Gasteiger partial charge on any atom is -0.496 e. The van der Waals surface area contributed by atoms with Crippen LogP contribution in [0, 0.1) is 6.92 Å². The van der Waals surface area contributed by atoms with Crippen molar-refractivity contribution in [3.63, 3.8) is 0 Å². The molecule has 1 aliphatic rings. The third kappa shape index (κ3) is 3.79. The summed E-state index contributed by atoms with van der Waals surface area (Å²) in [5.74, 6) is 0.857. The third-order valence-corrected chi connectivity index (χ3v) is 4.67. The van der Waals surface area contributed by atoms with Crippen LogP contribution in [0.4, 0.5) is 0 Å². The molecule has 0 bridgehead atoms. The van der Waals surface area contributed by atoms with Gasteiger partial charge in [-0.25, -0.2) is 0 Å². The van der Waals surface area contributed by atoms with E-state index in [1.54, 1.807) is 7.11 Å². The molecular formula is C18H28BNO3. The summed E-state index contributed by atoms with van der Waals surface area (Å²) in [6.45, 7) is 11.0. The molecule has 1 saturated heterocycles. The predicted octanol–water partition coefficient (Wildman–Crippen LogP) is 3.24. The summed E-state index contributed by atoms with van der Waals surface area (Å²) in [4.78, 5) is 0. The van der Waals surface area contributed by atoms with Crippen LogP contribution in [0.5, 0.6) is 5.75 Å². The van der Waals surface area contributed by atoms with E-state index in [1.165, 1.54) is 5.56 Å². The summed E-state index contributed by atoms with van der Waals surface area (Å²) in [7, 11) is 3.25. The molecule has 5 heteroatoms. The highest BCUT2D eigenvalue weighted by molar-refractivity contribution is 6.56. The SMILES string of the molecule is CNCC(=Cc1ccc(C)cc1OC)B1OC(C)(C)C(C)(C)O1. The molecule has 0 unspecified atom stereocenters. The Kier molecular flexibility index (Phi) is 5.24. The van der Waals surface area contributed by atoms with Gasteiger partial charge in [0.15, 0.2) is 0 Å². The molecule has 1 N–H and O–H groups in total. The average molecular weight is 317 g/mol. The van der Waals surface area contributed by atoms with E-state index in [2.05, 4.69) is 58.1 Å². The van der Waals surface area contributed by atoms with Gasteiger partial charge in [0.25, 0.3) is 0 Å². The predicted molar refractivity (Wildman–Crippen MR) is 95.7 cm³/mol. The Balaban J connectivity index is 2.36. The molecule has 0 saturated carbocycles. The Morgan fingerprint density at radius 1 is 1.22 bits per heavy atom. The fraction of sp³-hybridized carbons (Fsp3) is 0.556. The zero-order chi connectivity index (χ0) is 17.3. The summed E-state index contributed by atoms with van der Waals surface area (Å²) in [5, 5.41) is 3.20. The second kappa shape index (κ2) is 6.67. The quantitative estimate of drug-likeness (QED) is 0.847. The van der Waals surface area contributed by atoms with Crippen molar-refractivity contribution in [3.8, 4) is 5.75 Å². The summed E-state index contributed by atoms with van der Waals surface area (Å²) < 4.78 is 17.9. The molecule has 0 aromatic heterocycles. The highest BCUT2D eigenvalue weighted by Crippen LogP contribution is 2.39. The zero-order valence-electron chi connectivity index (χ0n) is 15.3. The highest BCUT2D eigenvalue weighted by atomic mass is 16.7. The van der Waals surface area contributed by atoms with Crippen molar-refractivity contribution in [1.29, 1.82) is 0 Å². The molecule has 0 spiro atoms. The van der Waals surface area contributed by atoms with Crippen molar-refractivity contribution in [3.05, 3.63) is 34.8 Å². The van der Waals surface area contributed by atoms with Crippen molar-refractivity contribution in [2.45, 2.75) is 45.8 Å². The summed E-state index contributed by atoms with van der Waals surface area (Å²) in [6.07, 6.45) is 2.09. The highest BCUT2D eigenvalue weighted by Gasteiger charge is 2.52. The standard InChI is InChI=1S/C18H28BNO3/c1-13-8-9-14(16(10-13)21-7)11-15(12-20-6)19-22-17(2,3)18(4,5)23-19/h8-11,20H,12H2,1-7H3. The van der Waals surface area contributed by atoms with E-state index < -0.39 is 0 Å². The molecule has 23 heavy (non-hydrogen) atoms. The molecule has 0 aliphatic carbocycles. The lowest BCUT2D eigenvalue weighted by molar-refractivity contribution is 0.00578.